The monoisotopic (exact) mass is 360 g/mol. The minimum absolute atomic E-state index is 0. The summed E-state index contributed by atoms with van der Waals surface area (Å²) in [6.07, 6.45) is 1.84. The van der Waals surface area contributed by atoms with Crippen molar-refractivity contribution in [3.05, 3.63) is 77.6 Å². The lowest BCUT2D eigenvalue weighted by Crippen LogP contribution is -1.87. The van der Waals surface area contributed by atoms with Crippen LogP contribution in [-0.4, -0.2) is 9.97 Å². The number of aromatic nitrogens is 2. The molecule has 0 saturated carbocycles. The van der Waals surface area contributed by atoms with Crippen LogP contribution in [0.3, 0.4) is 0 Å². The van der Waals surface area contributed by atoms with Crippen molar-refractivity contribution in [1.82, 2.24) is 9.97 Å². The highest BCUT2D eigenvalue weighted by molar-refractivity contribution is 5.81. The second-order valence-electron chi connectivity index (χ2n) is 7.56. The fourth-order valence-electron chi connectivity index (χ4n) is 3.10. The van der Waals surface area contributed by atoms with E-state index in [1.165, 1.54) is 33.1 Å². The van der Waals surface area contributed by atoms with Gasteiger partial charge in [0.2, 0.25) is 0 Å². The third-order valence-corrected chi connectivity index (χ3v) is 4.74. The molecule has 4 aromatic rings. The molecule has 2 heterocycles. The molecule has 0 bridgehead atoms. The molecule has 0 saturated heterocycles. The number of benzene rings is 2. The van der Waals surface area contributed by atoms with Gasteiger partial charge in [-0.15, -0.1) is 0 Å². The molecule has 2 heteroatoms. The van der Waals surface area contributed by atoms with Gasteiger partial charge in [0.1, 0.15) is 0 Å². The minimum atomic E-state index is 0. The van der Waals surface area contributed by atoms with Gasteiger partial charge < -0.3 is 4.98 Å². The molecule has 1 N–H and O–H groups in total. The predicted octanol–water partition coefficient (Wildman–Crippen LogP) is 7.59. The molecule has 0 fully saturated rings. The quantitative estimate of drug-likeness (QED) is 0.392. The summed E-state index contributed by atoms with van der Waals surface area (Å²) in [5.41, 5.74) is 6.32. The molecule has 0 spiro atoms. The van der Waals surface area contributed by atoms with E-state index in [-0.39, 0.29) is 7.43 Å². The van der Waals surface area contributed by atoms with Crippen LogP contribution in [0.1, 0.15) is 63.8 Å². The molecular formula is C25H32N2. The van der Waals surface area contributed by atoms with E-state index in [1.807, 2.05) is 12.3 Å². The summed E-state index contributed by atoms with van der Waals surface area (Å²) in [6.45, 7) is 10.9. The molecule has 2 aromatic carbocycles. The van der Waals surface area contributed by atoms with E-state index < -0.39 is 0 Å². The first-order valence-electron chi connectivity index (χ1n) is 9.38. The summed E-state index contributed by atoms with van der Waals surface area (Å²) in [4.78, 5) is 7.65. The Morgan fingerprint density at radius 1 is 0.778 bits per heavy atom. The van der Waals surface area contributed by atoms with E-state index in [2.05, 4.69) is 93.1 Å². The van der Waals surface area contributed by atoms with Crippen molar-refractivity contribution in [3.63, 3.8) is 0 Å². The molecule has 0 amide bonds. The van der Waals surface area contributed by atoms with Crippen LogP contribution in [0.15, 0.2) is 60.8 Å². The second-order valence-corrected chi connectivity index (χ2v) is 7.56. The van der Waals surface area contributed by atoms with Gasteiger partial charge >= 0.3 is 0 Å². The molecule has 4 rings (SSSR count). The first-order valence-corrected chi connectivity index (χ1v) is 9.38. The number of aromatic amines is 1. The van der Waals surface area contributed by atoms with Gasteiger partial charge in [-0.2, -0.15) is 0 Å². The Bertz CT molecular complexity index is 1010. The molecule has 0 unspecified atom stereocenters. The number of nitrogens with zero attached hydrogens (tertiary/aromatic N) is 1. The molecule has 142 valence electrons. The predicted molar refractivity (Wildman–Crippen MR) is 120 cm³/mol. The zero-order valence-corrected chi connectivity index (χ0v) is 16.4. The molecule has 0 aliphatic heterocycles. The standard InChI is InChI=1S/C12H15N.C12H13N.CH4/c1-8(2)10-4-5-12-11(7-10)6-9(3)13-12;1-9(2)11-6-5-10-4-3-7-13-12(10)8-11;/h4-8,13H,1-3H3;3-9H,1-2H3;1H4. The number of aryl methyl sites for hydroxylation is 1. The smallest absolute Gasteiger partial charge is 0.0704 e. The van der Waals surface area contributed by atoms with Gasteiger partial charge in [0.25, 0.3) is 0 Å². The van der Waals surface area contributed by atoms with Gasteiger partial charge in [0, 0.05) is 22.8 Å². The van der Waals surface area contributed by atoms with Crippen molar-refractivity contribution in [2.45, 2.75) is 53.9 Å². The molecule has 0 aliphatic carbocycles. The average molecular weight is 361 g/mol. The summed E-state index contributed by atoms with van der Waals surface area (Å²) in [5, 5.41) is 2.54. The summed E-state index contributed by atoms with van der Waals surface area (Å²) in [6, 6.07) is 19.4. The lowest BCUT2D eigenvalue weighted by molar-refractivity contribution is 0.868. The fourth-order valence-corrected chi connectivity index (χ4v) is 3.10. The Morgan fingerprint density at radius 2 is 1.44 bits per heavy atom. The number of hydrogen-bond donors (Lipinski definition) is 1. The number of rotatable bonds is 2. The molecule has 0 atom stereocenters. The number of pyridine rings is 1. The Balaban J connectivity index is 0.000000187. The van der Waals surface area contributed by atoms with Crippen LogP contribution < -0.4 is 0 Å². The Morgan fingerprint density at radius 3 is 2.15 bits per heavy atom. The number of nitrogens with one attached hydrogen (secondary N) is 1. The van der Waals surface area contributed by atoms with Crippen molar-refractivity contribution in [2.75, 3.05) is 0 Å². The van der Waals surface area contributed by atoms with Gasteiger partial charge in [0.05, 0.1) is 5.52 Å². The van der Waals surface area contributed by atoms with Crippen LogP contribution in [0.25, 0.3) is 21.8 Å². The summed E-state index contributed by atoms with van der Waals surface area (Å²) in [7, 11) is 0. The van der Waals surface area contributed by atoms with Crippen molar-refractivity contribution < 1.29 is 0 Å². The maximum absolute atomic E-state index is 4.32. The topological polar surface area (TPSA) is 28.7 Å². The van der Waals surface area contributed by atoms with Gasteiger partial charge in [-0.1, -0.05) is 59.4 Å². The normalized spacial score (nSPS) is 10.8. The first-order chi connectivity index (χ1) is 12.4. The Labute approximate surface area is 163 Å². The SMILES string of the molecule is C.CC(C)c1ccc2cccnc2c1.Cc1cc2cc(C(C)C)ccc2[nH]1. The maximum Gasteiger partial charge on any atom is 0.0704 e. The van der Waals surface area contributed by atoms with E-state index in [4.69, 9.17) is 0 Å². The van der Waals surface area contributed by atoms with E-state index in [9.17, 15) is 0 Å². The molecule has 2 aromatic heterocycles. The summed E-state index contributed by atoms with van der Waals surface area (Å²) < 4.78 is 0. The largest absolute Gasteiger partial charge is 0.359 e. The fraction of sp³-hybridized carbons (Fsp3) is 0.320. The Kier molecular flexibility index (Phi) is 6.79. The van der Waals surface area contributed by atoms with Crippen molar-refractivity contribution in [1.29, 1.82) is 0 Å². The number of fused-ring (bicyclic) bond motifs is 2. The first kappa shape index (κ1) is 20.7. The van der Waals surface area contributed by atoms with Gasteiger partial charge in [-0.05, 0) is 65.6 Å². The van der Waals surface area contributed by atoms with Crippen molar-refractivity contribution in [2.24, 2.45) is 0 Å². The van der Waals surface area contributed by atoms with Crippen LogP contribution in [-0.2, 0) is 0 Å². The molecule has 0 radical (unpaired) electrons. The number of hydrogen-bond acceptors (Lipinski definition) is 1. The zero-order chi connectivity index (χ0) is 18.7. The lowest BCUT2D eigenvalue weighted by atomic mass is 10.0. The lowest BCUT2D eigenvalue weighted by Gasteiger charge is -2.05. The van der Waals surface area contributed by atoms with E-state index in [0.29, 0.717) is 11.8 Å². The van der Waals surface area contributed by atoms with Crippen molar-refractivity contribution in [3.8, 4) is 0 Å². The van der Waals surface area contributed by atoms with Crippen LogP contribution in [0, 0.1) is 6.92 Å². The minimum Gasteiger partial charge on any atom is -0.359 e. The van der Waals surface area contributed by atoms with Crippen LogP contribution in [0.2, 0.25) is 0 Å². The van der Waals surface area contributed by atoms with Crippen LogP contribution in [0.4, 0.5) is 0 Å². The third kappa shape index (κ3) is 4.97. The maximum atomic E-state index is 4.32. The summed E-state index contributed by atoms with van der Waals surface area (Å²) in [5.74, 6) is 1.19. The number of H-pyrrole nitrogens is 1. The average Bonchev–Trinajstić information content (AvgIpc) is 3.00. The third-order valence-electron chi connectivity index (χ3n) is 4.74. The second kappa shape index (κ2) is 8.85. The van der Waals surface area contributed by atoms with Gasteiger partial charge in [-0.3, -0.25) is 4.98 Å². The Hall–Kier alpha value is -2.61. The van der Waals surface area contributed by atoms with E-state index >= 15 is 0 Å². The zero-order valence-electron chi connectivity index (χ0n) is 16.4. The highest BCUT2D eigenvalue weighted by Gasteiger charge is 2.02. The molecule has 27 heavy (non-hydrogen) atoms. The van der Waals surface area contributed by atoms with Gasteiger partial charge in [-0.25, -0.2) is 0 Å². The van der Waals surface area contributed by atoms with Crippen LogP contribution >= 0.6 is 0 Å². The van der Waals surface area contributed by atoms with Crippen molar-refractivity contribution >= 4 is 21.8 Å². The summed E-state index contributed by atoms with van der Waals surface area (Å²) >= 11 is 0. The highest BCUT2D eigenvalue weighted by Crippen LogP contribution is 2.21. The molecule has 2 nitrogen and oxygen atoms in total. The van der Waals surface area contributed by atoms with Crippen LogP contribution in [0.5, 0.6) is 0 Å². The van der Waals surface area contributed by atoms with E-state index in [1.54, 1.807) is 0 Å². The van der Waals surface area contributed by atoms with Gasteiger partial charge in [0.15, 0.2) is 0 Å². The highest BCUT2D eigenvalue weighted by atomic mass is 14.7. The van der Waals surface area contributed by atoms with E-state index in [0.717, 1.165) is 5.52 Å². The molecular weight excluding hydrogens is 328 g/mol. The molecule has 0 aliphatic rings.